The fourth-order valence-corrected chi connectivity index (χ4v) is 4.30. The number of benzene rings is 1. The molecule has 4 rings (SSSR count). The molecule has 0 fully saturated rings. The third-order valence-corrected chi connectivity index (χ3v) is 5.80. The summed E-state index contributed by atoms with van der Waals surface area (Å²) in [7, 11) is 0. The number of nitrogens with one attached hydrogen (secondary N) is 1. The largest absolute Gasteiger partial charge is 0.337 e. The minimum absolute atomic E-state index is 0.171. The van der Waals surface area contributed by atoms with Crippen LogP contribution in [-0.2, 0) is 24.2 Å². The zero-order chi connectivity index (χ0) is 20.1. The lowest BCUT2D eigenvalue weighted by Gasteiger charge is -2.26. The maximum absolute atomic E-state index is 12.6. The molecule has 0 unspecified atom stereocenters. The monoisotopic (exact) mass is 407 g/mol. The van der Waals surface area contributed by atoms with Crippen LogP contribution in [-0.4, -0.2) is 38.2 Å². The summed E-state index contributed by atoms with van der Waals surface area (Å²) in [6, 6.07) is 10.2. The summed E-state index contributed by atoms with van der Waals surface area (Å²) in [6.45, 7) is 1.22. The van der Waals surface area contributed by atoms with Gasteiger partial charge in [-0.25, -0.2) is 9.97 Å². The number of aromatic nitrogens is 3. The van der Waals surface area contributed by atoms with Crippen molar-refractivity contribution < 1.29 is 9.59 Å². The smallest absolute Gasteiger partial charge is 0.277 e. The first-order valence-electron chi connectivity index (χ1n) is 9.56. The van der Waals surface area contributed by atoms with Gasteiger partial charge in [-0.1, -0.05) is 41.7 Å². The van der Waals surface area contributed by atoms with Crippen LogP contribution in [0.25, 0.3) is 0 Å². The molecule has 3 heterocycles. The van der Waals surface area contributed by atoms with Crippen molar-refractivity contribution in [2.45, 2.75) is 32.2 Å². The van der Waals surface area contributed by atoms with Gasteiger partial charge in [0.05, 0.1) is 18.4 Å². The first-order valence-corrected chi connectivity index (χ1v) is 10.4. The number of rotatable bonds is 6. The SMILES string of the molecule is O=C(Nc1nc2c(s1)CN(C(=O)CCCc1ccccc1)CC2)c1cnccn1. The van der Waals surface area contributed by atoms with Gasteiger partial charge in [-0.15, -0.1) is 0 Å². The van der Waals surface area contributed by atoms with Gasteiger partial charge in [0.1, 0.15) is 5.69 Å². The molecule has 0 aliphatic carbocycles. The fraction of sp³-hybridized carbons (Fsp3) is 0.286. The summed E-state index contributed by atoms with van der Waals surface area (Å²) in [5, 5.41) is 3.31. The van der Waals surface area contributed by atoms with Crippen LogP contribution in [0.1, 0.15) is 39.5 Å². The molecule has 0 radical (unpaired) electrons. The lowest BCUT2D eigenvalue weighted by Crippen LogP contribution is -2.35. The molecule has 7 nitrogen and oxygen atoms in total. The normalized spacial score (nSPS) is 13.0. The van der Waals surface area contributed by atoms with Crippen molar-refractivity contribution in [3.05, 3.63) is 70.8 Å². The molecule has 2 aromatic heterocycles. The minimum Gasteiger partial charge on any atom is -0.337 e. The Balaban J connectivity index is 1.31. The summed E-state index contributed by atoms with van der Waals surface area (Å²) in [4.78, 5) is 40.1. The number of hydrogen-bond acceptors (Lipinski definition) is 6. The van der Waals surface area contributed by atoms with Gasteiger partial charge >= 0.3 is 0 Å². The zero-order valence-electron chi connectivity index (χ0n) is 15.9. The van der Waals surface area contributed by atoms with Gasteiger partial charge in [0.25, 0.3) is 5.91 Å². The van der Waals surface area contributed by atoms with Crippen molar-refractivity contribution in [2.75, 3.05) is 11.9 Å². The fourth-order valence-electron chi connectivity index (χ4n) is 3.29. The number of amides is 2. The van der Waals surface area contributed by atoms with Crippen LogP contribution in [0.15, 0.2) is 48.9 Å². The standard InChI is InChI=1S/C21H21N5O2S/c27-19(8-4-7-15-5-2-1-3-6-15)26-12-9-16-18(14-26)29-21(24-16)25-20(28)17-13-22-10-11-23-17/h1-3,5-6,10-11,13H,4,7-9,12,14H2,(H,24,25,28). The van der Waals surface area contributed by atoms with Gasteiger partial charge in [-0.3, -0.25) is 19.9 Å². The van der Waals surface area contributed by atoms with Crippen molar-refractivity contribution in [1.82, 2.24) is 19.9 Å². The Morgan fingerprint density at radius 3 is 2.83 bits per heavy atom. The average Bonchev–Trinajstić information content (AvgIpc) is 3.16. The van der Waals surface area contributed by atoms with E-state index in [1.807, 2.05) is 23.1 Å². The van der Waals surface area contributed by atoms with E-state index in [-0.39, 0.29) is 17.5 Å². The van der Waals surface area contributed by atoms with Crippen LogP contribution in [0.3, 0.4) is 0 Å². The molecule has 1 N–H and O–H groups in total. The third-order valence-electron chi connectivity index (χ3n) is 4.80. The molecule has 1 aliphatic heterocycles. The highest BCUT2D eigenvalue weighted by molar-refractivity contribution is 7.15. The van der Waals surface area contributed by atoms with E-state index in [9.17, 15) is 9.59 Å². The predicted octanol–water partition coefficient (Wildman–Crippen LogP) is 3.09. The predicted molar refractivity (Wildman–Crippen MR) is 111 cm³/mol. The number of carbonyl (C=O) groups is 2. The number of thiazole rings is 1. The van der Waals surface area contributed by atoms with Crippen molar-refractivity contribution in [3.8, 4) is 0 Å². The van der Waals surface area contributed by atoms with Crippen molar-refractivity contribution in [1.29, 1.82) is 0 Å². The van der Waals surface area contributed by atoms with E-state index in [1.165, 1.54) is 35.5 Å². The van der Waals surface area contributed by atoms with Crippen LogP contribution in [0.4, 0.5) is 5.13 Å². The van der Waals surface area contributed by atoms with Gasteiger partial charge in [0.2, 0.25) is 5.91 Å². The second kappa shape index (κ2) is 8.91. The van der Waals surface area contributed by atoms with Crippen molar-refractivity contribution >= 4 is 28.3 Å². The van der Waals surface area contributed by atoms with Crippen LogP contribution >= 0.6 is 11.3 Å². The van der Waals surface area contributed by atoms with E-state index in [1.54, 1.807) is 0 Å². The number of anilines is 1. The first-order chi connectivity index (χ1) is 14.2. The summed E-state index contributed by atoms with van der Waals surface area (Å²) >= 11 is 1.42. The van der Waals surface area contributed by atoms with E-state index in [4.69, 9.17) is 0 Å². The molecular formula is C21H21N5O2S. The molecule has 8 heteroatoms. The Labute approximate surface area is 172 Å². The van der Waals surface area contributed by atoms with Crippen LogP contribution < -0.4 is 5.32 Å². The van der Waals surface area contributed by atoms with E-state index < -0.39 is 0 Å². The molecular weight excluding hydrogens is 386 g/mol. The maximum atomic E-state index is 12.6. The molecule has 0 bridgehead atoms. The van der Waals surface area contributed by atoms with Gasteiger partial charge in [-0.2, -0.15) is 0 Å². The van der Waals surface area contributed by atoms with Crippen molar-refractivity contribution in [2.24, 2.45) is 0 Å². The second-order valence-electron chi connectivity index (χ2n) is 6.84. The maximum Gasteiger partial charge on any atom is 0.277 e. The molecule has 0 saturated heterocycles. The van der Waals surface area contributed by atoms with E-state index >= 15 is 0 Å². The summed E-state index contributed by atoms with van der Waals surface area (Å²) in [5.41, 5.74) is 2.46. The summed E-state index contributed by atoms with van der Waals surface area (Å²) in [6.07, 6.45) is 7.40. The molecule has 1 aromatic carbocycles. The Bertz CT molecular complexity index is 991. The molecule has 1 aliphatic rings. The molecule has 2 amide bonds. The Morgan fingerprint density at radius 1 is 1.17 bits per heavy atom. The Morgan fingerprint density at radius 2 is 2.03 bits per heavy atom. The van der Waals surface area contributed by atoms with Gasteiger partial charge in [-0.05, 0) is 18.4 Å². The molecule has 148 valence electrons. The number of nitrogens with zero attached hydrogens (tertiary/aromatic N) is 4. The summed E-state index contributed by atoms with van der Waals surface area (Å²) in [5.74, 6) is -0.164. The summed E-state index contributed by atoms with van der Waals surface area (Å²) < 4.78 is 0. The van der Waals surface area contributed by atoms with Crippen molar-refractivity contribution in [3.63, 3.8) is 0 Å². The van der Waals surface area contributed by atoms with E-state index in [0.29, 0.717) is 31.1 Å². The highest BCUT2D eigenvalue weighted by Crippen LogP contribution is 2.29. The number of fused-ring (bicyclic) bond motifs is 1. The minimum atomic E-state index is -0.335. The first kappa shape index (κ1) is 19.2. The average molecular weight is 407 g/mol. The molecule has 3 aromatic rings. The van der Waals surface area contributed by atoms with Gasteiger partial charge in [0, 0.05) is 36.7 Å². The zero-order valence-corrected chi connectivity index (χ0v) is 16.7. The van der Waals surface area contributed by atoms with Crippen LogP contribution in [0, 0.1) is 0 Å². The lowest BCUT2D eigenvalue weighted by atomic mass is 10.1. The van der Waals surface area contributed by atoms with Crippen LogP contribution in [0.5, 0.6) is 0 Å². The third kappa shape index (κ3) is 4.83. The quantitative estimate of drug-likeness (QED) is 0.678. The molecule has 0 saturated carbocycles. The topological polar surface area (TPSA) is 88.1 Å². The van der Waals surface area contributed by atoms with Gasteiger partial charge < -0.3 is 4.90 Å². The number of hydrogen-bond donors (Lipinski definition) is 1. The molecule has 29 heavy (non-hydrogen) atoms. The number of aryl methyl sites for hydroxylation is 1. The molecule has 0 spiro atoms. The highest BCUT2D eigenvalue weighted by atomic mass is 32.1. The van der Waals surface area contributed by atoms with E-state index in [0.717, 1.165) is 23.4 Å². The number of carbonyl (C=O) groups excluding carboxylic acids is 2. The van der Waals surface area contributed by atoms with E-state index in [2.05, 4.69) is 32.4 Å². The Hall–Kier alpha value is -3.13. The second-order valence-corrected chi connectivity index (χ2v) is 7.92. The van der Waals surface area contributed by atoms with Crippen LogP contribution in [0.2, 0.25) is 0 Å². The van der Waals surface area contributed by atoms with Gasteiger partial charge in [0.15, 0.2) is 5.13 Å². The highest BCUT2D eigenvalue weighted by Gasteiger charge is 2.24. The Kier molecular flexibility index (Phi) is 5.90. The molecule has 0 atom stereocenters. The lowest BCUT2D eigenvalue weighted by molar-refractivity contribution is -0.132.